The second-order valence-electron chi connectivity index (χ2n) is 6.92. The van der Waals surface area contributed by atoms with Crippen molar-refractivity contribution in [3.8, 4) is 5.88 Å². The van der Waals surface area contributed by atoms with Crippen LogP contribution in [0, 0.1) is 0 Å². The highest BCUT2D eigenvalue weighted by Crippen LogP contribution is 2.38. The Hall–Kier alpha value is -2.10. The van der Waals surface area contributed by atoms with E-state index >= 15 is 0 Å². The van der Waals surface area contributed by atoms with Crippen LogP contribution in [-0.2, 0) is 21.1 Å². The number of sulfone groups is 1. The van der Waals surface area contributed by atoms with Gasteiger partial charge in [-0.05, 0) is 25.5 Å². The summed E-state index contributed by atoms with van der Waals surface area (Å²) in [5.74, 6) is -0.770. The van der Waals surface area contributed by atoms with Gasteiger partial charge in [0.2, 0.25) is 11.7 Å². The molecule has 1 N–H and O–H groups in total. The van der Waals surface area contributed by atoms with Gasteiger partial charge in [0.05, 0.1) is 34.5 Å². The summed E-state index contributed by atoms with van der Waals surface area (Å²) in [7, 11) is -3.59. The van der Waals surface area contributed by atoms with Gasteiger partial charge in [0.15, 0.2) is 9.84 Å². The number of hydrogen-bond acceptors (Lipinski definition) is 7. The number of aromatic nitrogens is 2. The molecule has 0 radical (unpaired) electrons. The predicted octanol–water partition coefficient (Wildman–Crippen LogP) is 2.51. The molecule has 1 aliphatic heterocycles. The van der Waals surface area contributed by atoms with Crippen molar-refractivity contribution in [1.82, 2.24) is 9.78 Å². The number of rotatable bonds is 6. The van der Waals surface area contributed by atoms with Crippen LogP contribution < -0.4 is 4.90 Å². The average Bonchev–Trinajstić information content (AvgIpc) is 3.07. The number of ether oxygens (including phenoxy) is 1. The number of aromatic hydroxyl groups is 1. The molecule has 0 saturated carbocycles. The van der Waals surface area contributed by atoms with E-state index in [-0.39, 0.29) is 33.0 Å². The zero-order chi connectivity index (χ0) is 21.3. The van der Waals surface area contributed by atoms with E-state index in [2.05, 4.69) is 5.10 Å². The third-order valence-corrected chi connectivity index (χ3v) is 6.50. The lowest BCUT2D eigenvalue weighted by Crippen LogP contribution is -2.43. The molecule has 2 aromatic rings. The number of anilines is 1. The largest absolute Gasteiger partial charge is 0.493 e. The molecule has 1 unspecified atom stereocenters. The minimum absolute atomic E-state index is 0.0141. The second kappa shape index (κ2) is 8.33. The van der Waals surface area contributed by atoms with Gasteiger partial charge in [-0.3, -0.25) is 4.79 Å². The maximum Gasteiger partial charge on any atom is 0.220 e. The summed E-state index contributed by atoms with van der Waals surface area (Å²) >= 11 is 6.61. The molecule has 1 aromatic heterocycles. The van der Waals surface area contributed by atoms with Gasteiger partial charge in [0.1, 0.15) is 5.56 Å². The zero-order valence-electron chi connectivity index (χ0n) is 16.6. The number of morpholine rings is 1. The molecule has 2 heterocycles. The van der Waals surface area contributed by atoms with Gasteiger partial charge in [-0.15, -0.1) is 0 Å². The Balaban J connectivity index is 2.13. The summed E-state index contributed by atoms with van der Waals surface area (Å²) in [5, 5.41) is 14.3. The first-order chi connectivity index (χ1) is 13.7. The van der Waals surface area contributed by atoms with Crippen LogP contribution in [0.2, 0.25) is 5.02 Å². The second-order valence-corrected chi connectivity index (χ2v) is 9.28. The number of benzene rings is 1. The van der Waals surface area contributed by atoms with Crippen LogP contribution >= 0.6 is 11.6 Å². The van der Waals surface area contributed by atoms with Crippen LogP contribution in [0.25, 0.3) is 0 Å². The average molecular weight is 442 g/mol. The van der Waals surface area contributed by atoms with Crippen molar-refractivity contribution >= 4 is 32.9 Å². The summed E-state index contributed by atoms with van der Waals surface area (Å²) in [5.41, 5.74) is 0.420. The number of carbonyl (C=O) groups is 1. The van der Waals surface area contributed by atoms with Crippen LogP contribution in [0.15, 0.2) is 23.2 Å². The molecule has 1 atom stereocenters. The molecule has 0 bridgehead atoms. The molecule has 1 aromatic carbocycles. The predicted molar refractivity (Wildman–Crippen MR) is 110 cm³/mol. The Kier molecular flexibility index (Phi) is 6.21. The van der Waals surface area contributed by atoms with Crippen molar-refractivity contribution in [3.63, 3.8) is 0 Å². The number of carbonyl (C=O) groups excluding carboxylic acids is 1. The summed E-state index contributed by atoms with van der Waals surface area (Å²) in [6, 6.07) is 2.77. The number of aryl methyl sites for hydroxylation is 1. The molecular formula is C19H24ClN3O5S. The van der Waals surface area contributed by atoms with Gasteiger partial charge in [0.25, 0.3) is 0 Å². The Labute approximate surface area is 174 Å². The SMILES string of the molecule is CCC1CN(c2c(S(C)(=O)=O)ccc(C(=O)c3cnn(CC)c3O)c2Cl)CCO1. The molecule has 1 aliphatic rings. The van der Waals surface area contributed by atoms with E-state index in [1.165, 1.54) is 23.0 Å². The van der Waals surface area contributed by atoms with Crippen LogP contribution in [0.4, 0.5) is 5.69 Å². The van der Waals surface area contributed by atoms with Gasteiger partial charge in [0, 0.05) is 31.5 Å². The Morgan fingerprint density at radius 2 is 2.07 bits per heavy atom. The van der Waals surface area contributed by atoms with Crippen molar-refractivity contribution < 1.29 is 23.1 Å². The fourth-order valence-electron chi connectivity index (χ4n) is 3.40. The van der Waals surface area contributed by atoms with Gasteiger partial charge in [-0.1, -0.05) is 18.5 Å². The van der Waals surface area contributed by atoms with Crippen molar-refractivity contribution in [2.45, 2.75) is 37.8 Å². The maximum absolute atomic E-state index is 13.0. The van der Waals surface area contributed by atoms with E-state index in [0.29, 0.717) is 31.9 Å². The highest BCUT2D eigenvalue weighted by Gasteiger charge is 2.30. The monoisotopic (exact) mass is 441 g/mol. The smallest absolute Gasteiger partial charge is 0.220 e. The molecule has 29 heavy (non-hydrogen) atoms. The van der Waals surface area contributed by atoms with Crippen molar-refractivity contribution in [2.24, 2.45) is 0 Å². The number of ketones is 1. The molecule has 158 valence electrons. The fourth-order valence-corrected chi connectivity index (χ4v) is 4.72. The van der Waals surface area contributed by atoms with Gasteiger partial charge < -0.3 is 14.7 Å². The lowest BCUT2D eigenvalue weighted by molar-refractivity contribution is 0.0383. The van der Waals surface area contributed by atoms with E-state index in [0.717, 1.165) is 12.7 Å². The maximum atomic E-state index is 13.0. The molecule has 1 saturated heterocycles. The quantitative estimate of drug-likeness (QED) is 0.687. The highest BCUT2D eigenvalue weighted by atomic mass is 35.5. The third-order valence-electron chi connectivity index (χ3n) is 4.99. The van der Waals surface area contributed by atoms with E-state index in [4.69, 9.17) is 16.3 Å². The topological polar surface area (TPSA) is 102 Å². The lowest BCUT2D eigenvalue weighted by Gasteiger charge is -2.35. The molecule has 1 fully saturated rings. The molecule has 0 aliphatic carbocycles. The molecular weight excluding hydrogens is 418 g/mol. The minimum Gasteiger partial charge on any atom is -0.493 e. The molecule has 3 rings (SSSR count). The van der Waals surface area contributed by atoms with Crippen molar-refractivity contribution in [2.75, 3.05) is 30.9 Å². The summed E-state index contributed by atoms with van der Waals surface area (Å²) in [6.45, 7) is 5.53. The Morgan fingerprint density at radius 1 is 1.34 bits per heavy atom. The van der Waals surface area contributed by atoms with E-state index in [1.807, 2.05) is 11.8 Å². The third kappa shape index (κ3) is 4.12. The molecule has 0 amide bonds. The van der Waals surface area contributed by atoms with E-state index < -0.39 is 15.6 Å². The van der Waals surface area contributed by atoms with Gasteiger partial charge in [-0.2, -0.15) is 5.10 Å². The fraction of sp³-hybridized carbons (Fsp3) is 0.474. The van der Waals surface area contributed by atoms with Crippen LogP contribution in [0.5, 0.6) is 5.88 Å². The molecule has 10 heteroatoms. The van der Waals surface area contributed by atoms with Crippen LogP contribution in [-0.4, -0.2) is 61.1 Å². The first kappa shape index (κ1) is 21.6. The Morgan fingerprint density at radius 3 is 2.66 bits per heavy atom. The van der Waals surface area contributed by atoms with Gasteiger partial charge >= 0.3 is 0 Å². The number of halogens is 1. The Bertz CT molecular complexity index is 1030. The zero-order valence-corrected chi connectivity index (χ0v) is 18.1. The first-order valence-corrected chi connectivity index (χ1v) is 11.6. The van der Waals surface area contributed by atoms with Crippen molar-refractivity contribution in [3.05, 3.63) is 34.5 Å². The number of nitrogens with zero attached hydrogens (tertiary/aromatic N) is 3. The standard InChI is InChI=1S/C19H24ClN3O5S/c1-4-12-11-22(8-9-28-12)17-15(29(3,26)27)7-6-13(16(17)20)18(24)14-10-21-23(5-2)19(14)25/h6-7,10,12,25H,4-5,8-9,11H2,1-3H3. The van der Waals surface area contributed by atoms with E-state index in [1.54, 1.807) is 6.92 Å². The molecule has 0 spiro atoms. The summed E-state index contributed by atoms with van der Waals surface area (Å²) in [6.07, 6.45) is 3.10. The lowest BCUT2D eigenvalue weighted by atomic mass is 10.0. The number of hydrogen-bond donors (Lipinski definition) is 1. The normalized spacial score (nSPS) is 17.5. The summed E-state index contributed by atoms with van der Waals surface area (Å²) < 4.78 is 31.8. The van der Waals surface area contributed by atoms with Crippen molar-refractivity contribution in [1.29, 1.82) is 0 Å². The van der Waals surface area contributed by atoms with Crippen LogP contribution in [0.1, 0.15) is 36.2 Å². The van der Waals surface area contributed by atoms with Gasteiger partial charge in [-0.25, -0.2) is 13.1 Å². The van der Waals surface area contributed by atoms with Crippen LogP contribution in [0.3, 0.4) is 0 Å². The van der Waals surface area contributed by atoms with E-state index in [9.17, 15) is 18.3 Å². The molecule has 8 nitrogen and oxygen atoms in total. The first-order valence-electron chi connectivity index (χ1n) is 9.37. The minimum atomic E-state index is -3.59. The summed E-state index contributed by atoms with van der Waals surface area (Å²) in [4.78, 5) is 15.0. The highest BCUT2D eigenvalue weighted by molar-refractivity contribution is 7.90.